The van der Waals surface area contributed by atoms with Crippen LogP contribution >= 0.6 is 23.2 Å². The van der Waals surface area contributed by atoms with Gasteiger partial charge in [-0.15, -0.1) is 0 Å². The molecule has 0 unspecified atom stereocenters. The predicted octanol–water partition coefficient (Wildman–Crippen LogP) is 4.73. The molecule has 7 nitrogen and oxygen atoms in total. The Kier molecular flexibility index (Phi) is 7.37. The summed E-state index contributed by atoms with van der Waals surface area (Å²) in [6.45, 7) is -0.259. The van der Waals surface area contributed by atoms with Gasteiger partial charge in [-0.05, 0) is 30.3 Å². The Bertz CT molecular complexity index is 1340. The molecule has 0 aliphatic rings. The summed E-state index contributed by atoms with van der Waals surface area (Å²) in [4.78, 5) is 24.4. The van der Waals surface area contributed by atoms with Crippen molar-refractivity contribution in [2.24, 2.45) is 5.10 Å². The number of hydrazone groups is 1. The Morgan fingerprint density at radius 1 is 0.941 bits per heavy atom. The minimum absolute atomic E-state index is 0.258. The number of carbonyl (C=O) groups excluding carboxylic acids is 2. The lowest BCUT2D eigenvalue weighted by atomic mass is 10.1. The summed E-state index contributed by atoms with van der Waals surface area (Å²) in [5.41, 5.74) is 5.96. The highest BCUT2D eigenvalue weighted by Gasteiger charge is 2.12. The van der Waals surface area contributed by atoms with Gasteiger partial charge in [-0.1, -0.05) is 71.7 Å². The maximum atomic E-state index is 12.2. The van der Waals surface area contributed by atoms with Crippen molar-refractivity contribution < 1.29 is 9.59 Å². The first kappa shape index (κ1) is 23.2. The molecule has 2 amide bonds. The summed E-state index contributed by atoms with van der Waals surface area (Å²) in [5.74, 6) is -0.936. The van der Waals surface area contributed by atoms with E-state index in [1.54, 1.807) is 4.68 Å². The van der Waals surface area contributed by atoms with E-state index in [2.05, 4.69) is 15.8 Å². The second-order valence-electron chi connectivity index (χ2n) is 7.18. The Morgan fingerprint density at radius 2 is 1.65 bits per heavy atom. The molecule has 0 fully saturated rings. The van der Waals surface area contributed by atoms with Crippen molar-refractivity contribution in [3.8, 4) is 16.9 Å². The molecule has 3 aromatic carbocycles. The van der Waals surface area contributed by atoms with E-state index in [1.165, 1.54) is 24.4 Å². The molecule has 1 aromatic heterocycles. The number of hydrogen-bond donors (Lipinski definition) is 2. The third-order valence-electron chi connectivity index (χ3n) is 4.79. The number of rotatable bonds is 7. The molecule has 1 heterocycles. The van der Waals surface area contributed by atoms with Crippen LogP contribution in [0.1, 0.15) is 15.9 Å². The topological polar surface area (TPSA) is 88.4 Å². The standard InChI is InChI=1S/C25H19Cl2N5O2/c26-21-12-11-18(13-22(21)27)25(34)28-15-23(33)30-29-14-19-16-32(20-9-5-2-6-10-20)31-24(19)17-7-3-1-4-8-17/h1-14,16H,15H2,(H,28,34)(H,30,33)/b29-14+. The molecule has 2 N–H and O–H groups in total. The maximum Gasteiger partial charge on any atom is 0.259 e. The van der Waals surface area contributed by atoms with Gasteiger partial charge in [-0.3, -0.25) is 9.59 Å². The molecule has 0 saturated heterocycles. The molecule has 4 aromatic rings. The average Bonchev–Trinajstić information content (AvgIpc) is 3.29. The highest BCUT2D eigenvalue weighted by molar-refractivity contribution is 6.42. The molecule has 170 valence electrons. The molecular formula is C25H19Cl2N5O2. The zero-order chi connectivity index (χ0) is 23.9. The van der Waals surface area contributed by atoms with Crippen LogP contribution in [-0.2, 0) is 4.79 Å². The molecule has 0 radical (unpaired) electrons. The second kappa shape index (κ2) is 10.8. The maximum absolute atomic E-state index is 12.2. The molecule has 4 rings (SSSR count). The highest BCUT2D eigenvalue weighted by atomic mass is 35.5. The molecule has 0 aliphatic carbocycles. The van der Waals surface area contributed by atoms with Crippen LogP contribution in [0.3, 0.4) is 0 Å². The van der Waals surface area contributed by atoms with Crippen LogP contribution in [0.15, 0.2) is 90.2 Å². The summed E-state index contributed by atoms with van der Waals surface area (Å²) in [6, 6.07) is 23.8. The van der Waals surface area contributed by atoms with E-state index in [1.807, 2.05) is 66.9 Å². The van der Waals surface area contributed by atoms with Crippen LogP contribution in [0.2, 0.25) is 10.0 Å². The number of carbonyl (C=O) groups is 2. The third kappa shape index (κ3) is 5.70. The van der Waals surface area contributed by atoms with Gasteiger partial charge in [0.05, 0.1) is 28.5 Å². The molecular weight excluding hydrogens is 473 g/mol. The fourth-order valence-corrected chi connectivity index (χ4v) is 3.43. The number of nitrogens with one attached hydrogen (secondary N) is 2. The van der Waals surface area contributed by atoms with Crippen molar-refractivity contribution in [3.63, 3.8) is 0 Å². The molecule has 0 aliphatic heterocycles. The van der Waals surface area contributed by atoms with Gasteiger partial charge >= 0.3 is 0 Å². The van der Waals surface area contributed by atoms with Crippen molar-refractivity contribution in [3.05, 3.63) is 106 Å². The molecule has 0 atom stereocenters. The summed E-state index contributed by atoms with van der Waals surface area (Å²) in [6.07, 6.45) is 3.35. The third-order valence-corrected chi connectivity index (χ3v) is 5.53. The average molecular weight is 492 g/mol. The van der Waals surface area contributed by atoms with Gasteiger partial charge in [0.15, 0.2) is 0 Å². The lowest BCUT2D eigenvalue weighted by Gasteiger charge is -2.05. The fourth-order valence-electron chi connectivity index (χ4n) is 3.13. The Labute approximate surface area is 206 Å². The lowest BCUT2D eigenvalue weighted by molar-refractivity contribution is -0.120. The summed E-state index contributed by atoms with van der Waals surface area (Å²) < 4.78 is 1.75. The van der Waals surface area contributed by atoms with Crippen LogP contribution in [0, 0.1) is 0 Å². The van der Waals surface area contributed by atoms with E-state index in [0.717, 1.165) is 22.5 Å². The summed E-state index contributed by atoms with van der Waals surface area (Å²) in [7, 11) is 0. The zero-order valence-corrected chi connectivity index (χ0v) is 19.3. The Balaban J connectivity index is 1.43. The van der Waals surface area contributed by atoms with E-state index in [9.17, 15) is 9.59 Å². The normalized spacial score (nSPS) is 10.9. The van der Waals surface area contributed by atoms with Crippen LogP contribution in [0.25, 0.3) is 16.9 Å². The number of benzene rings is 3. The first-order chi connectivity index (χ1) is 16.5. The number of hydrogen-bond acceptors (Lipinski definition) is 4. The van der Waals surface area contributed by atoms with Crippen molar-refractivity contribution in [2.75, 3.05) is 6.54 Å². The van der Waals surface area contributed by atoms with Gasteiger partial charge in [0.25, 0.3) is 11.8 Å². The van der Waals surface area contributed by atoms with Gasteiger partial charge in [-0.2, -0.15) is 10.2 Å². The first-order valence-corrected chi connectivity index (χ1v) is 11.0. The largest absolute Gasteiger partial charge is 0.343 e. The van der Waals surface area contributed by atoms with Crippen molar-refractivity contribution >= 4 is 41.2 Å². The van der Waals surface area contributed by atoms with Crippen LogP contribution in [0.5, 0.6) is 0 Å². The quantitative estimate of drug-likeness (QED) is 0.289. The molecule has 0 saturated carbocycles. The van der Waals surface area contributed by atoms with E-state index in [4.69, 9.17) is 28.3 Å². The second-order valence-corrected chi connectivity index (χ2v) is 8.00. The van der Waals surface area contributed by atoms with Crippen LogP contribution in [-0.4, -0.2) is 34.4 Å². The van der Waals surface area contributed by atoms with Gasteiger partial charge < -0.3 is 5.32 Å². The monoisotopic (exact) mass is 491 g/mol. The summed E-state index contributed by atoms with van der Waals surface area (Å²) >= 11 is 11.8. The van der Waals surface area contributed by atoms with Crippen LogP contribution < -0.4 is 10.7 Å². The number of para-hydroxylation sites is 1. The zero-order valence-electron chi connectivity index (χ0n) is 17.8. The van der Waals surface area contributed by atoms with E-state index in [-0.39, 0.29) is 11.6 Å². The SMILES string of the molecule is O=C(CNC(=O)c1ccc(Cl)c(Cl)c1)N/N=C/c1cn(-c2ccccc2)nc1-c1ccccc1. The van der Waals surface area contributed by atoms with Gasteiger partial charge in [-0.25, -0.2) is 10.1 Å². The van der Waals surface area contributed by atoms with Crippen molar-refractivity contribution in [2.45, 2.75) is 0 Å². The minimum Gasteiger partial charge on any atom is -0.343 e. The molecule has 0 spiro atoms. The van der Waals surface area contributed by atoms with Crippen molar-refractivity contribution in [1.82, 2.24) is 20.5 Å². The highest BCUT2D eigenvalue weighted by Crippen LogP contribution is 2.23. The number of halogens is 2. The Morgan fingerprint density at radius 3 is 2.35 bits per heavy atom. The molecule has 9 heteroatoms. The van der Waals surface area contributed by atoms with Crippen LogP contribution in [0.4, 0.5) is 0 Å². The summed E-state index contributed by atoms with van der Waals surface area (Å²) in [5, 5.41) is 11.8. The first-order valence-electron chi connectivity index (χ1n) is 10.3. The Hall–Kier alpha value is -3.94. The molecule has 34 heavy (non-hydrogen) atoms. The number of amides is 2. The smallest absolute Gasteiger partial charge is 0.259 e. The number of aromatic nitrogens is 2. The molecule has 0 bridgehead atoms. The van der Waals surface area contributed by atoms with E-state index < -0.39 is 11.8 Å². The van der Waals surface area contributed by atoms with E-state index in [0.29, 0.717) is 10.6 Å². The van der Waals surface area contributed by atoms with Crippen molar-refractivity contribution in [1.29, 1.82) is 0 Å². The van der Waals surface area contributed by atoms with E-state index >= 15 is 0 Å². The number of nitrogens with zero attached hydrogens (tertiary/aromatic N) is 3. The minimum atomic E-state index is -0.485. The van der Waals surface area contributed by atoms with Gasteiger partial charge in [0, 0.05) is 22.9 Å². The van der Waals surface area contributed by atoms with Gasteiger partial charge in [0.2, 0.25) is 0 Å². The fraction of sp³-hybridized carbons (Fsp3) is 0.0400. The predicted molar refractivity (Wildman–Crippen MR) is 134 cm³/mol. The van der Waals surface area contributed by atoms with Gasteiger partial charge in [0.1, 0.15) is 5.69 Å². The lowest BCUT2D eigenvalue weighted by Crippen LogP contribution is -2.34.